The van der Waals surface area contributed by atoms with Crippen molar-refractivity contribution in [2.75, 3.05) is 18.9 Å². The van der Waals surface area contributed by atoms with E-state index in [2.05, 4.69) is 60.1 Å². The van der Waals surface area contributed by atoms with Gasteiger partial charge in [0.15, 0.2) is 11.5 Å². The van der Waals surface area contributed by atoms with Gasteiger partial charge in [-0.15, -0.1) is 11.6 Å². The molecule has 6 fully saturated rings. The topological polar surface area (TPSA) is 499 Å². The van der Waals surface area contributed by atoms with Crippen LogP contribution in [0.25, 0.3) is 0 Å². The first kappa shape index (κ1) is 84.7. The van der Waals surface area contributed by atoms with Crippen LogP contribution in [0.4, 0.5) is 10.5 Å². The molecule has 18 atom stereocenters. The van der Waals surface area contributed by atoms with E-state index in [0.29, 0.717) is 11.8 Å². The van der Waals surface area contributed by atoms with Crippen molar-refractivity contribution in [3.8, 4) is 17.2 Å². The van der Waals surface area contributed by atoms with Crippen molar-refractivity contribution in [1.82, 2.24) is 47.9 Å². The number of nitrogens with one attached hydrogen (secondary N) is 10. The molecule has 15 bridgehead atoms. The number of carbonyl (C=O) groups excluding carboxylic acids is 9. The van der Waals surface area contributed by atoms with Gasteiger partial charge < -0.3 is 113 Å². The van der Waals surface area contributed by atoms with E-state index >= 15 is 28.8 Å². The van der Waals surface area contributed by atoms with Gasteiger partial charge in [0.25, 0.3) is 0 Å². The zero-order chi connectivity index (χ0) is 83.0. The highest BCUT2D eigenvalue weighted by atomic mass is 35.5. The number of nitrogens with two attached hydrogens (primary N) is 1. The summed E-state index contributed by atoms with van der Waals surface area (Å²) in [6.45, 7) is 6.82. The fraction of sp³-hybridized carbons (Fsp3) is 0.549. The summed E-state index contributed by atoms with van der Waals surface area (Å²) in [5.41, 5.74) is 6.54. The number of alkyl halides is 1. The number of halogens is 2. The second kappa shape index (κ2) is 36.0. The Kier molecular flexibility index (Phi) is 26.3. The number of carbonyl (C=O) groups is 9. The highest BCUT2D eigenvalue weighted by Gasteiger charge is 2.53. The Morgan fingerprint density at radius 1 is 0.733 bits per heavy atom. The molecule has 34 heteroatoms. The minimum Gasteiger partial charge on any atom is -0.512 e. The van der Waals surface area contributed by atoms with Gasteiger partial charge in [0, 0.05) is 42.1 Å². The number of hydrogen-bond donors (Lipinski definition) is 19. The average molecular weight is 1650 g/mol. The van der Waals surface area contributed by atoms with E-state index in [-0.39, 0.29) is 93.2 Å². The number of anilines is 1. The first-order chi connectivity index (χ1) is 55.4. The number of aliphatic hydroxyl groups excluding tert-OH is 8. The van der Waals surface area contributed by atoms with Crippen molar-refractivity contribution in [3.63, 3.8) is 0 Å². The first-order valence-corrected chi connectivity index (χ1v) is 40.7. The normalized spacial score (nSPS) is 33.4. The maximum absolute atomic E-state index is 16.5. The first-order valence-electron chi connectivity index (χ1n) is 39.9. The Bertz CT molecular complexity index is 4430. The number of rotatable bonds is 17. The smallest absolute Gasteiger partial charge is 0.325 e. The Morgan fingerprint density at radius 2 is 1.41 bits per heavy atom. The highest BCUT2D eigenvalue weighted by Crippen LogP contribution is 2.54. The molecule has 0 spiro atoms. The molecular formula is C82H103Cl2N11O21. The van der Waals surface area contributed by atoms with Crippen molar-refractivity contribution in [1.29, 1.82) is 0 Å². The summed E-state index contributed by atoms with van der Waals surface area (Å²) in [7, 11) is 1.50. The molecule has 8 aliphatic carbocycles. The van der Waals surface area contributed by atoms with Gasteiger partial charge in [-0.05, 0) is 189 Å². The third-order valence-corrected chi connectivity index (χ3v) is 24.9. The van der Waals surface area contributed by atoms with Gasteiger partial charge in [-0.1, -0.05) is 76.4 Å². The van der Waals surface area contributed by atoms with Crippen LogP contribution in [-0.2, 0) is 49.5 Å². The van der Waals surface area contributed by atoms with Crippen LogP contribution >= 0.6 is 23.2 Å². The number of fused-ring (bicyclic) bond motifs is 15. The van der Waals surface area contributed by atoms with Crippen LogP contribution < -0.4 is 73.1 Å². The second-order valence-corrected chi connectivity index (χ2v) is 33.7. The summed E-state index contributed by atoms with van der Waals surface area (Å²) in [4.78, 5) is 138. The largest absolute Gasteiger partial charge is 0.512 e. The lowest BCUT2D eigenvalue weighted by atomic mass is 9.54. The highest BCUT2D eigenvalue weighted by molar-refractivity contribution is 6.31. The maximum Gasteiger partial charge on any atom is 0.325 e. The van der Waals surface area contributed by atoms with E-state index < -0.39 is 222 Å². The van der Waals surface area contributed by atoms with Gasteiger partial charge in [0.05, 0.1) is 29.0 Å². The molecule has 14 aliphatic rings. The number of hydrogen-bond acceptors (Lipinski definition) is 23. The molecule has 20 N–H and O–H groups in total. The van der Waals surface area contributed by atoms with Gasteiger partial charge >= 0.3 is 6.03 Å². The number of imide groups is 1. The molecule has 0 radical (unpaired) electrons. The van der Waals surface area contributed by atoms with Crippen LogP contribution in [-0.4, -0.2) is 204 Å². The van der Waals surface area contributed by atoms with Crippen molar-refractivity contribution < 1.29 is 103 Å². The van der Waals surface area contributed by atoms with Crippen molar-refractivity contribution in [2.24, 2.45) is 47.2 Å². The van der Waals surface area contributed by atoms with Crippen LogP contribution in [0.2, 0.25) is 0 Å². The Balaban J connectivity index is 0.969. The number of ether oxygens (including phenoxy) is 4. The Morgan fingerprint density at radius 3 is 2.08 bits per heavy atom. The molecule has 10 amide bonds. The number of allylic oxidation sites excluding steroid dienone is 9. The second-order valence-electron chi connectivity index (χ2n) is 32.7. The molecular weight excluding hydrogens is 1550 g/mol. The summed E-state index contributed by atoms with van der Waals surface area (Å²) < 4.78 is 26.0. The molecule has 2 saturated heterocycles. The Labute approximate surface area is 679 Å². The molecule has 6 aliphatic heterocycles. The van der Waals surface area contributed by atoms with Gasteiger partial charge in [0.1, 0.15) is 95.9 Å². The number of urea groups is 1. The van der Waals surface area contributed by atoms with Crippen molar-refractivity contribution in [2.45, 2.75) is 227 Å². The molecule has 626 valence electrons. The number of benzene rings is 2. The fourth-order valence-electron chi connectivity index (χ4n) is 18.1. The van der Waals surface area contributed by atoms with E-state index in [9.17, 15) is 55.2 Å². The minimum atomic E-state index is -2.30. The van der Waals surface area contributed by atoms with Gasteiger partial charge in [-0.25, -0.2) is 4.79 Å². The monoisotopic (exact) mass is 1650 g/mol. The molecule has 4 saturated carbocycles. The number of amides is 10. The zero-order valence-corrected chi connectivity index (χ0v) is 66.3. The van der Waals surface area contributed by atoms with Crippen molar-refractivity contribution >= 4 is 82.2 Å². The SMILES string of the molecule is CCCCCc1ccc(NC(=O)NC(=O)C[C@@H]2NC(=O)[C@H](NC(=O)[C@@H](CC(C)C)NC)[C@H](O)C3=CC(Cl)=C(CC3)Oc3cc4cc(c3O[C@@H]3O[C@H](CN)[C@@H](O)[C@H](O)[C@H]3O)OC3=CC=C(C[C@@H]3Cl)[C@@H](O)[C@@H]3NC(=O)[C@H](NC(=O)[C@@H]4NC2=O)C2=CC=C(O)C(C2)C2=C(O)C(C)[C@@H](O)C=C2[C@@H](C(=O)NC2C4CC5CC(C4)CC2C5)NC3=O)cc1. The number of unbranched alkanes of at least 4 members (excludes halogenated alkanes) is 2. The van der Waals surface area contributed by atoms with E-state index in [1.807, 2.05) is 13.8 Å². The van der Waals surface area contributed by atoms with Crippen LogP contribution in [0.1, 0.15) is 135 Å². The summed E-state index contributed by atoms with van der Waals surface area (Å²) in [5.74, 6) is -13.6. The van der Waals surface area contributed by atoms with Crippen LogP contribution in [0.5, 0.6) is 17.2 Å². The molecule has 16 rings (SSSR count). The van der Waals surface area contributed by atoms with E-state index in [1.165, 1.54) is 50.4 Å². The molecule has 2 aromatic carbocycles. The third-order valence-electron chi connectivity index (χ3n) is 24.2. The number of aliphatic hydroxyl groups is 8. The summed E-state index contributed by atoms with van der Waals surface area (Å²) in [6, 6.07) is -5.87. The molecule has 32 nitrogen and oxygen atoms in total. The molecule has 2 aromatic rings. The van der Waals surface area contributed by atoms with Gasteiger partial charge in [-0.3, -0.25) is 43.7 Å². The fourth-order valence-corrected chi connectivity index (χ4v) is 18.7. The summed E-state index contributed by atoms with van der Waals surface area (Å²) >= 11 is 14.5. The lowest BCUT2D eigenvalue weighted by Gasteiger charge is -2.54. The quantitative estimate of drug-likeness (QED) is 0.0799. The van der Waals surface area contributed by atoms with Crippen LogP contribution in [0.15, 0.2) is 129 Å². The van der Waals surface area contributed by atoms with Crippen LogP contribution in [0.3, 0.4) is 0 Å². The van der Waals surface area contributed by atoms with E-state index in [0.717, 1.165) is 75.5 Å². The van der Waals surface area contributed by atoms with Crippen molar-refractivity contribution in [3.05, 3.63) is 140 Å². The lowest BCUT2D eigenvalue weighted by Crippen LogP contribution is -2.63. The van der Waals surface area contributed by atoms with E-state index in [1.54, 1.807) is 24.3 Å². The third kappa shape index (κ3) is 18.2. The predicted octanol–water partition coefficient (Wildman–Crippen LogP) is 3.11. The van der Waals surface area contributed by atoms with Crippen LogP contribution in [0, 0.1) is 41.4 Å². The zero-order valence-electron chi connectivity index (χ0n) is 64.8. The average Bonchev–Trinajstić information content (AvgIpc) is 0.754. The van der Waals surface area contributed by atoms with Gasteiger partial charge in [0.2, 0.25) is 59.3 Å². The molecule has 116 heavy (non-hydrogen) atoms. The number of aryl methyl sites for hydroxylation is 1. The van der Waals surface area contributed by atoms with Gasteiger partial charge in [-0.2, -0.15) is 0 Å². The summed E-state index contributed by atoms with van der Waals surface area (Å²) in [5, 5.41) is 121. The predicted molar refractivity (Wildman–Crippen MR) is 420 cm³/mol. The Hall–Kier alpha value is -9.19. The molecule has 2 unspecified atom stereocenters. The number of likely N-dealkylation sites (N-methyl/N-ethyl adjacent to an activating group) is 1. The molecule has 6 heterocycles. The summed E-state index contributed by atoms with van der Waals surface area (Å²) in [6.07, 6.45) is -1.14. The maximum atomic E-state index is 16.5. The minimum absolute atomic E-state index is 0.0160. The standard InChI is InChI=1S/C82H103Cl2N11O21/c1-6-7-8-9-36-10-15-45(16-11-36)87-82(112)89-59(98)32-51-75(106)91-63-44-29-56(113-54-18-13-40(27-48(54)83)68(100)65(79(110)88-51)94-74(105)50(86-5)20-34(2)3)73(116-81-72(104)71(103)70(102)58(33-85)115-81)57(30-44)114-55-19-14-41(28-49(55)84)69(101)66-80(111)93-64(78(109)90-61-42-22-37-21-38(24-42)25-43(61)23-37)47-31-53(97)35(4)67(99)60(47)46-26-39(12-17-52(46)96)62(76(107)95-66)92-77(63)108/h10-12,14-17,19,27,29-31,34-35,37-38,42-43,46,49-51,53,58,61-66,68-72,81,86,96-97,99-104H,6-9,13,18,20-26,28,32-33,85H2,1-5H3,(H,88,110)(H,90,109)(H,91,106)(H,92,108)(H,93,111)(H,94,105)(H,95,107)(H2,87,89,98,112)/t35?,37?,38?,42?,43?,46?,49-,50+,51-,53-,58+,61?,62+,63+,64-,65+,66-,68+,69+,70+,71-,72+,81-/m0/s1. The lowest BCUT2D eigenvalue weighted by molar-refractivity contribution is -0.270. The van der Waals surface area contributed by atoms with E-state index in [4.69, 9.17) is 47.9 Å². The molecule has 0 aromatic heterocycles.